The van der Waals surface area contributed by atoms with Crippen LogP contribution < -0.4 is 10.1 Å². The molecule has 0 aliphatic carbocycles. The van der Waals surface area contributed by atoms with E-state index in [1.807, 2.05) is 0 Å². The Morgan fingerprint density at radius 2 is 2.27 bits per heavy atom. The van der Waals surface area contributed by atoms with Crippen LogP contribution in [0.5, 0.6) is 5.75 Å². The molecule has 6 nitrogen and oxygen atoms in total. The lowest BCUT2D eigenvalue weighted by Crippen LogP contribution is -2.26. The van der Waals surface area contributed by atoms with Gasteiger partial charge in [0.15, 0.2) is 0 Å². The van der Waals surface area contributed by atoms with Crippen molar-refractivity contribution >= 4 is 5.91 Å². The SMILES string of the molecule is COc1cccc(F)c1CN1CCCC1c1nccc(CNC(C)=O)n1. The Morgan fingerprint density at radius 3 is 3.04 bits per heavy atom. The van der Waals surface area contributed by atoms with Crippen molar-refractivity contribution in [3.05, 3.63) is 53.4 Å². The minimum atomic E-state index is -0.268. The standard InChI is InChI=1S/C19H23FN4O2/c1-13(25)22-11-14-8-9-21-19(23-14)17-6-4-10-24(17)12-15-16(20)5-3-7-18(15)26-2/h3,5,7-9,17H,4,6,10-12H2,1-2H3,(H,22,25). The van der Waals surface area contributed by atoms with Gasteiger partial charge in [0.2, 0.25) is 5.91 Å². The molecule has 7 heteroatoms. The second kappa shape index (κ2) is 8.23. The summed E-state index contributed by atoms with van der Waals surface area (Å²) < 4.78 is 19.6. The number of hydrogen-bond donors (Lipinski definition) is 1. The maximum Gasteiger partial charge on any atom is 0.217 e. The number of benzene rings is 1. The van der Waals surface area contributed by atoms with Crippen LogP contribution in [0.4, 0.5) is 4.39 Å². The molecule has 1 aliphatic rings. The third-order valence-electron chi connectivity index (χ3n) is 4.57. The molecule has 1 N–H and O–H groups in total. The summed E-state index contributed by atoms with van der Waals surface area (Å²) in [5, 5.41) is 2.74. The quantitative estimate of drug-likeness (QED) is 0.860. The first-order chi connectivity index (χ1) is 12.6. The summed E-state index contributed by atoms with van der Waals surface area (Å²) in [5.74, 6) is 0.895. The molecule has 2 aromatic rings. The van der Waals surface area contributed by atoms with Gasteiger partial charge < -0.3 is 10.1 Å². The zero-order chi connectivity index (χ0) is 18.5. The van der Waals surface area contributed by atoms with Crippen molar-refractivity contribution in [1.29, 1.82) is 0 Å². The van der Waals surface area contributed by atoms with Crippen LogP contribution in [0.3, 0.4) is 0 Å². The highest BCUT2D eigenvalue weighted by Gasteiger charge is 2.29. The van der Waals surface area contributed by atoms with E-state index in [0.29, 0.717) is 30.2 Å². The third kappa shape index (κ3) is 4.16. The fourth-order valence-electron chi connectivity index (χ4n) is 3.28. The van der Waals surface area contributed by atoms with Gasteiger partial charge in [-0.1, -0.05) is 6.07 Å². The van der Waals surface area contributed by atoms with E-state index in [-0.39, 0.29) is 17.8 Å². The molecule has 1 saturated heterocycles. The Balaban J connectivity index is 1.79. The smallest absolute Gasteiger partial charge is 0.217 e. The lowest BCUT2D eigenvalue weighted by Gasteiger charge is -2.24. The highest BCUT2D eigenvalue weighted by Crippen LogP contribution is 2.33. The van der Waals surface area contributed by atoms with Crippen molar-refractivity contribution in [3.63, 3.8) is 0 Å². The van der Waals surface area contributed by atoms with Gasteiger partial charge in [-0.25, -0.2) is 14.4 Å². The zero-order valence-electron chi connectivity index (χ0n) is 15.0. The molecular weight excluding hydrogens is 335 g/mol. The molecule has 138 valence electrons. The molecule has 1 atom stereocenters. The number of nitrogens with one attached hydrogen (secondary N) is 1. The van der Waals surface area contributed by atoms with Gasteiger partial charge >= 0.3 is 0 Å². The molecule has 1 amide bonds. The van der Waals surface area contributed by atoms with Gasteiger partial charge in [0.05, 0.1) is 25.4 Å². The molecule has 2 heterocycles. The number of carbonyl (C=O) groups excluding carboxylic acids is 1. The van der Waals surface area contributed by atoms with E-state index in [4.69, 9.17) is 4.74 Å². The number of hydrogen-bond acceptors (Lipinski definition) is 5. The molecule has 1 unspecified atom stereocenters. The molecule has 26 heavy (non-hydrogen) atoms. The number of amides is 1. The van der Waals surface area contributed by atoms with E-state index in [2.05, 4.69) is 20.2 Å². The first kappa shape index (κ1) is 18.3. The minimum Gasteiger partial charge on any atom is -0.496 e. The van der Waals surface area contributed by atoms with Gasteiger partial charge in [-0.2, -0.15) is 0 Å². The summed E-state index contributed by atoms with van der Waals surface area (Å²) in [6.45, 7) is 3.14. The number of methoxy groups -OCH3 is 1. The Labute approximate surface area is 152 Å². The molecule has 0 bridgehead atoms. The van der Waals surface area contributed by atoms with Crippen molar-refractivity contribution in [1.82, 2.24) is 20.2 Å². The van der Waals surface area contributed by atoms with Gasteiger partial charge in [0.1, 0.15) is 17.4 Å². The van der Waals surface area contributed by atoms with Gasteiger partial charge in [-0.05, 0) is 37.6 Å². The van der Waals surface area contributed by atoms with E-state index in [1.165, 1.54) is 13.0 Å². The lowest BCUT2D eigenvalue weighted by molar-refractivity contribution is -0.119. The van der Waals surface area contributed by atoms with Crippen molar-refractivity contribution in [3.8, 4) is 5.75 Å². The molecule has 1 aromatic heterocycles. The summed E-state index contributed by atoms with van der Waals surface area (Å²) in [7, 11) is 1.55. The molecule has 0 radical (unpaired) electrons. The van der Waals surface area contributed by atoms with E-state index in [9.17, 15) is 9.18 Å². The molecule has 1 aromatic carbocycles. The number of halogens is 1. The second-order valence-electron chi connectivity index (χ2n) is 6.37. The molecule has 3 rings (SSSR count). The number of likely N-dealkylation sites (tertiary alicyclic amines) is 1. The topological polar surface area (TPSA) is 67.3 Å². The largest absolute Gasteiger partial charge is 0.496 e. The number of ether oxygens (including phenoxy) is 1. The van der Waals surface area contributed by atoms with Gasteiger partial charge in [0, 0.05) is 25.2 Å². The predicted octanol–water partition coefficient (Wildman–Crippen LogP) is 2.60. The fourth-order valence-corrected chi connectivity index (χ4v) is 3.28. The van der Waals surface area contributed by atoms with Crippen molar-refractivity contribution in [2.24, 2.45) is 0 Å². The molecule has 1 fully saturated rings. The number of nitrogens with zero attached hydrogens (tertiary/aromatic N) is 3. The van der Waals surface area contributed by atoms with E-state index >= 15 is 0 Å². The maximum atomic E-state index is 14.3. The van der Waals surface area contributed by atoms with Crippen LogP contribution in [0.25, 0.3) is 0 Å². The zero-order valence-corrected chi connectivity index (χ0v) is 15.0. The lowest BCUT2D eigenvalue weighted by atomic mass is 10.1. The Bertz CT molecular complexity index is 784. The average molecular weight is 358 g/mol. The summed E-state index contributed by atoms with van der Waals surface area (Å²) in [4.78, 5) is 22.3. The van der Waals surface area contributed by atoms with Crippen LogP contribution in [0.15, 0.2) is 30.5 Å². The fraction of sp³-hybridized carbons (Fsp3) is 0.421. The van der Waals surface area contributed by atoms with Crippen LogP contribution in [-0.2, 0) is 17.9 Å². The average Bonchev–Trinajstić information content (AvgIpc) is 3.10. The second-order valence-corrected chi connectivity index (χ2v) is 6.37. The third-order valence-corrected chi connectivity index (χ3v) is 4.57. The normalized spacial score (nSPS) is 17.3. The Kier molecular flexibility index (Phi) is 5.78. The monoisotopic (exact) mass is 358 g/mol. The van der Waals surface area contributed by atoms with Gasteiger partial charge in [0.25, 0.3) is 0 Å². The molecule has 0 spiro atoms. The van der Waals surface area contributed by atoms with Crippen LogP contribution in [-0.4, -0.2) is 34.4 Å². The van der Waals surface area contributed by atoms with Crippen LogP contribution in [0.1, 0.15) is 42.9 Å². The summed E-state index contributed by atoms with van der Waals surface area (Å²) in [6.07, 6.45) is 3.63. The highest BCUT2D eigenvalue weighted by molar-refractivity contribution is 5.72. The summed E-state index contributed by atoms with van der Waals surface area (Å²) >= 11 is 0. The number of rotatable bonds is 6. The van der Waals surface area contributed by atoms with Gasteiger partial charge in [-0.15, -0.1) is 0 Å². The van der Waals surface area contributed by atoms with Crippen LogP contribution >= 0.6 is 0 Å². The maximum absolute atomic E-state index is 14.3. The van der Waals surface area contributed by atoms with Crippen molar-refractivity contribution < 1.29 is 13.9 Å². The van der Waals surface area contributed by atoms with E-state index in [1.54, 1.807) is 31.5 Å². The van der Waals surface area contributed by atoms with Crippen molar-refractivity contribution in [2.45, 2.75) is 38.9 Å². The number of carbonyl (C=O) groups is 1. The number of aromatic nitrogens is 2. The Morgan fingerprint density at radius 1 is 1.42 bits per heavy atom. The van der Waals surface area contributed by atoms with Crippen LogP contribution in [0, 0.1) is 5.82 Å². The first-order valence-corrected chi connectivity index (χ1v) is 8.70. The highest BCUT2D eigenvalue weighted by atomic mass is 19.1. The molecular formula is C19H23FN4O2. The summed E-state index contributed by atoms with van der Waals surface area (Å²) in [5.41, 5.74) is 1.32. The van der Waals surface area contributed by atoms with Crippen molar-refractivity contribution in [2.75, 3.05) is 13.7 Å². The predicted molar refractivity (Wildman–Crippen MR) is 94.9 cm³/mol. The molecule has 0 saturated carbocycles. The minimum absolute atomic E-state index is 0.0246. The Hall–Kier alpha value is -2.54. The molecule has 1 aliphatic heterocycles. The van der Waals surface area contributed by atoms with Gasteiger partial charge in [-0.3, -0.25) is 9.69 Å². The van der Waals surface area contributed by atoms with E-state index in [0.717, 1.165) is 25.1 Å². The first-order valence-electron chi connectivity index (χ1n) is 8.70. The van der Waals surface area contributed by atoms with E-state index < -0.39 is 0 Å². The summed E-state index contributed by atoms with van der Waals surface area (Å²) in [6, 6.07) is 6.69. The van der Waals surface area contributed by atoms with Crippen LogP contribution in [0.2, 0.25) is 0 Å².